The molecule has 0 aliphatic carbocycles. The molecule has 4 N–H and O–H groups in total. The number of carboxylic acid groups (broad SMARTS) is 1. The van der Waals surface area contributed by atoms with Gasteiger partial charge in [-0.3, -0.25) is 34.0 Å². The summed E-state index contributed by atoms with van der Waals surface area (Å²) in [6.45, 7) is 15.3. The van der Waals surface area contributed by atoms with Crippen molar-refractivity contribution < 1.29 is 61.3 Å². The van der Waals surface area contributed by atoms with E-state index in [9.17, 15) is 42.2 Å². The van der Waals surface area contributed by atoms with E-state index in [1.807, 2.05) is 18.2 Å². The number of hydrogen-bond acceptors (Lipinski definition) is 10. The monoisotopic (exact) mass is 1020 g/mol. The molecule has 2 amide bonds. The highest BCUT2D eigenvalue weighted by atomic mass is 35.5. The van der Waals surface area contributed by atoms with Gasteiger partial charge in [0, 0.05) is 45.2 Å². The van der Waals surface area contributed by atoms with Crippen molar-refractivity contribution in [2.75, 3.05) is 57.1 Å². The number of para-hydroxylation sites is 1. The zero-order valence-electron chi connectivity index (χ0n) is 36.4. The summed E-state index contributed by atoms with van der Waals surface area (Å²) in [4.78, 5) is 54.4. The van der Waals surface area contributed by atoms with E-state index in [4.69, 9.17) is 76.3 Å². The predicted octanol–water partition coefficient (Wildman–Crippen LogP) is 10.1. The Morgan fingerprint density at radius 3 is 1.97 bits per heavy atom. The van der Waals surface area contributed by atoms with Crippen molar-refractivity contribution in [3.63, 3.8) is 0 Å². The first-order valence-corrected chi connectivity index (χ1v) is 23.4. The van der Waals surface area contributed by atoms with E-state index in [2.05, 4.69) is 27.0 Å². The first kappa shape index (κ1) is 60.6. The average Bonchev–Trinajstić information content (AvgIpc) is 3.24. The summed E-state index contributed by atoms with van der Waals surface area (Å²) in [5, 5.41) is 19.0. The summed E-state index contributed by atoms with van der Waals surface area (Å²) in [7, 11) is -1.52. The summed E-state index contributed by atoms with van der Waals surface area (Å²) in [6.07, 6.45) is 0.449. The van der Waals surface area contributed by atoms with Gasteiger partial charge in [0.1, 0.15) is 30.2 Å². The van der Waals surface area contributed by atoms with Gasteiger partial charge in [-0.1, -0.05) is 79.0 Å². The molecule has 0 aliphatic rings. The Morgan fingerprint density at radius 2 is 1.57 bits per heavy atom. The number of aryl methyl sites for hydroxylation is 2. The van der Waals surface area contributed by atoms with E-state index in [1.54, 1.807) is 31.1 Å². The Hall–Kier alpha value is -4.39. The Bertz CT molecular complexity index is 2050. The van der Waals surface area contributed by atoms with Crippen LogP contribution in [0, 0.1) is 10.1 Å². The third kappa shape index (κ3) is 22.6. The van der Waals surface area contributed by atoms with Crippen LogP contribution in [0.3, 0.4) is 0 Å². The zero-order chi connectivity index (χ0) is 50.1. The van der Waals surface area contributed by atoms with Gasteiger partial charge in [-0.25, -0.2) is 0 Å². The van der Waals surface area contributed by atoms with Crippen molar-refractivity contribution >= 4 is 82.9 Å². The topological polar surface area (TPSA) is 212 Å². The van der Waals surface area contributed by atoms with Crippen molar-refractivity contribution in [1.82, 2.24) is 4.90 Å². The molecule has 65 heavy (non-hydrogen) atoms. The second-order valence-corrected chi connectivity index (χ2v) is 17.5. The van der Waals surface area contributed by atoms with Crippen LogP contribution >= 0.6 is 53.8 Å². The van der Waals surface area contributed by atoms with Crippen LogP contribution in [0.1, 0.15) is 43.9 Å². The smallest absolute Gasteiger partial charge is 0.416 e. The average molecular weight is 1020 g/mol. The maximum Gasteiger partial charge on any atom is 0.416 e. The fourth-order valence-corrected chi connectivity index (χ4v) is 6.49. The number of carboxylic acids is 1. The standard InChI is InChI=1S/C15H11ClF3NO4.C14H20ClNO2.C8H11Cl2NO.C5H12NO4P/c1-2-23-14-8-10(4-5-12(14)20(21)22)24-13-6-3-9(7-11(13)16)15(17,18)19;1-4-11-7-6-8-12(5-2)14(11)16(10-18-3)13(17)9-15;1-3-5-11(6-4-2)8(12)7(9)10;1-11(9,10)3-2-4(6)5(7)8/h3-8H,2H2,1H3;6-8H,4-5,9-10H2,1-3H3;3-4,7H,1-2,5-6H2;4H,2-3,6H2,1H3,(H,7,8)(H,9,10). The minimum atomic E-state index is -4.52. The summed E-state index contributed by atoms with van der Waals surface area (Å²) in [6, 6.07) is 11.5. The lowest BCUT2D eigenvalue weighted by atomic mass is 10.0. The third-order valence-electron chi connectivity index (χ3n) is 8.19. The van der Waals surface area contributed by atoms with E-state index >= 15 is 0 Å². The molecule has 0 fully saturated rings. The normalized spacial score (nSPS) is 12.0. The highest BCUT2D eigenvalue weighted by Gasteiger charge is 2.31. The predicted molar refractivity (Wildman–Crippen MR) is 249 cm³/mol. The molecule has 0 spiro atoms. The molecular formula is C42H54Cl4F3N4O11P. The van der Waals surface area contributed by atoms with Crippen LogP contribution < -0.4 is 20.1 Å². The molecule has 0 radical (unpaired) electrons. The van der Waals surface area contributed by atoms with Crippen LogP contribution in [-0.2, 0) is 42.7 Å². The summed E-state index contributed by atoms with van der Waals surface area (Å²) in [5.41, 5.74) is 7.18. The maximum absolute atomic E-state index is 12.6. The van der Waals surface area contributed by atoms with Crippen LogP contribution in [0.15, 0.2) is 79.9 Å². The number of methoxy groups -OCH3 is 1. The van der Waals surface area contributed by atoms with Crippen LogP contribution in [0.4, 0.5) is 24.5 Å². The van der Waals surface area contributed by atoms with Crippen molar-refractivity contribution in [3.8, 4) is 17.2 Å². The molecule has 3 rings (SSSR count). The largest absolute Gasteiger partial charge is 0.487 e. The lowest BCUT2D eigenvalue weighted by molar-refractivity contribution is -0.385. The number of nitrogens with two attached hydrogens (primary N) is 1. The van der Waals surface area contributed by atoms with Gasteiger partial charge in [0.15, 0.2) is 12.2 Å². The minimum Gasteiger partial charge on any atom is -0.487 e. The Labute approximate surface area is 396 Å². The van der Waals surface area contributed by atoms with Crippen LogP contribution in [0.25, 0.3) is 0 Å². The molecule has 15 nitrogen and oxygen atoms in total. The number of ether oxygens (including phenoxy) is 3. The second-order valence-electron chi connectivity index (χ2n) is 13.2. The number of carbonyl (C=O) groups is 3. The number of nitro benzene ring substituents is 1. The first-order chi connectivity index (χ1) is 30.4. The summed E-state index contributed by atoms with van der Waals surface area (Å²) in [5.74, 6) is -1.51. The third-order valence-corrected chi connectivity index (χ3v) is 10.2. The number of hydrogen-bond donors (Lipinski definition) is 3. The van der Waals surface area contributed by atoms with Crippen LogP contribution in [0.2, 0.25) is 5.02 Å². The van der Waals surface area contributed by atoms with Gasteiger partial charge in [-0.15, -0.1) is 24.8 Å². The van der Waals surface area contributed by atoms with E-state index in [0.29, 0.717) is 13.1 Å². The number of alkyl halides is 6. The Kier molecular flexibility index (Phi) is 28.7. The molecule has 0 heterocycles. The molecule has 0 bridgehead atoms. The molecular weight excluding hydrogens is 966 g/mol. The van der Waals surface area contributed by atoms with Gasteiger partial charge in [0.25, 0.3) is 5.91 Å². The Morgan fingerprint density at radius 1 is 1.00 bits per heavy atom. The second kappa shape index (κ2) is 30.7. The van der Waals surface area contributed by atoms with Gasteiger partial charge in [-0.05, 0) is 61.6 Å². The fraction of sp³-hybridized carbons (Fsp3) is 0.405. The van der Waals surface area contributed by atoms with E-state index < -0.39 is 40.9 Å². The summed E-state index contributed by atoms with van der Waals surface area (Å²) < 4.78 is 64.2. The molecule has 0 saturated carbocycles. The molecule has 0 aliphatic heterocycles. The fourth-order valence-electron chi connectivity index (χ4n) is 5.10. The number of nitrogens with zero attached hydrogens (tertiary/aromatic N) is 3. The van der Waals surface area contributed by atoms with Crippen molar-refractivity contribution in [2.24, 2.45) is 5.73 Å². The zero-order valence-corrected chi connectivity index (χ0v) is 40.3. The first-order valence-electron chi connectivity index (χ1n) is 19.4. The molecule has 2 unspecified atom stereocenters. The minimum absolute atomic E-state index is 0.0111. The molecule has 3 aromatic carbocycles. The molecule has 0 aromatic heterocycles. The molecule has 3 aromatic rings. The van der Waals surface area contributed by atoms with Gasteiger partial charge >= 0.3 is 17.8 Å². The highest BCUT2D eigenvalue weighted by molar-refractivity contribution is 7.57. The van der Waals surface area contributed by atoms with Crippen molar-refractivity contribution in [1.29, 1.82) is 0 Å². The number of carbonyl (C=O) groups excluding carboxylic acids is 2. The molecule has 0 saturated heterocycles. The van der Waals surface area contributed by atoms with Gasteiger partial charge in [-0.2, -0.15) is 13.2 Å². The number of amides is 2. The van der Waals surface area contributed by atoms with E-state index in [-0.39, 0.29) is 71.6 Å². The lowest BCUT2D eigenvalue weighted by Crippen LogP contribution is -2.35. The molecule has 2 atom stereocenters. The number of benzene rings is 3. The molecule has 23 heteroatoms. The number of anilines is 1. The van der Waals surface area contributed by atoms with Crippen LogP contribution in [-0.4, -0.2) is 101 Å². The van der Waals surface area contributed by atoms with Gasteiger partial charge in [0.05, 0.1) is 27.8 Å². The van der Waals surface area contributed by atoms with Crippen molar-refractivity contribution in [2.45, 2.75) is 57.1 Å². The van der Waals surface area contributed by atoms with Gasteiger partial charge < -0.3 is 34.8 Å². The number of nitro groups is 1. The van der Waals surface area contributed by atoms with Crippen molar-refractivity contribution in [3.05, 3.63) is 112 Å². The summed E-state index contributed by atoms with van der Waals surface area (Å²) >= 11 is 22.3. The number of halogens is 7. The molecule has 362 valence electrons. The quantitative estimate of drug-likeness (QED) is 0.0241. The lowest BCUT2D eigenvalue weighted by Gasteiger charge is -2.26. The van der Waals surface area contributed by atoms with Gasteiger partial charge in [0.2, 0.25) is 11.7 Å². The van der Waals surface area contributed by atoms with E-state index in [1.165, 1.54) is 29.8 Å². The maximum atomic E-state index is 12.6. The SMILES string of the molecule is C=CCN(CC=C)C(=O)C(Cl)Cl.CCOc1cc(Oc2ccc(C(F)(F)F)cc2Cl)ccc1[N+](=O)[O-].CCc1cccc(CC)c1N(COC)C(=O)CCl.CP(=O)(O)CCC(N)C(=O)O. The van der Waals surface area contributed by atoms with E-state index in [0.717, 1.165) is 47.9 Å². The van der Waals surface area contributed by atoms with Crippen LogP contribution in [0.5, 0.6) is 17.2 Å². The number of aliphatic carboxylic acids is 1. The highest BCUT2D eigenvalue weighted by Crippen LogP contribution is 2.39. The number of rotatable bonds is 20. The Balaban J connectivity index is 0.000000887.